The van der Waals surface area contributed by atoms with Gasteiger partial charge in [-0.3, -0.25) is 0 Å². The van der Waals surface area contributed by atoms with E-state index in [1.54, 1.807) is 0 Å². The van der Waals surface area contributed by atoms with Crippen LogP contribution in [0.2, 0.25) is 0 Å². The molecule has 0 unspecified atom stereocenters. The van der Waals surface area contributed by atoms with E-state index in [2.05, 4.69) is 22.6 Å². The van der Waals surface area contributed by atoms with Crippen LogP contribution in [0.3, 0.4) is 0 Å². The molecule has 1 aromatic carbocycles. The minimum atomic E-state index is 0.746. The smallest absolute Gasteiger partial charge is 0.0589 e. The van der Waals surface area contributed by atoms with Gasteiger partial charge >= 0.3 is 0 Å². The van der Waals surface area contributed by atoms with E-state index in [4.69, 9.17) is 11.5 Å². The van der Waals surface area contributed by atoms with Crippen LogP contribution in [-0.2, 0) is 0 Å². The van der Waals surface area contributed by atoms with Crippen LogP contribution >= 0.6 is 22.6 Å². The van der Waals surface area contributed by atoms with Crippen LogP contribution in [0.4, 0.5) is 11.4 Å². The van der Waals surface area contributed by atoms with E-state index >= 15 is 0 Å². The van der Waals surface area contributed by atoms with Crippen molar-refractivity contribution in [1.29, 1.82) is 0 Å². The Labute approximate surface area is 67.4 Å². The van der Waals surface area contributed by atoms with Gasteiger partial charge in [0.25, 0.3) is 0 Å². The molecule has 1 rings (SSSR count). The summed E-state index contributed by atoms with van der Waals surface area (Å²) >= 11 is 2.12. The van der Waals surface area contributed by atoms with Gasteiger partial charge in [-0.25, -0.2) is 0 Å². The Bertz CT molecular complexity index is 202. The van der Waals surface area contributed by atoms with Gasteiger partial charge in [0.1, 0.15) is 0 Å². The van der Waals surface area contributed by atoms with Crippen molar-refractivity contribution < 1.29 is 0 Å². The van der Waals surface area contributed by atoms with Crippen LogP contribution in [-0.4, -0.2) is 0 Å². The lowest BCUT2D eigenvalue weighted by Gasteiger charge is -1.98. The normalized spacial score (nSPS) is 9.44. The van der Waals surface area contributed by atoms with Crippen molar-refractivity contribution in [2.75, 3.05) is 11.5 Å². The summed E-state index contributed by atoms with van der Waals surface area (Å²) in [4.78, 5) is 0. The summed E-state index contributed by atoms with van der Waals surface area (Å²) in [6.45, 7) is 0. The van der Waals surface area contributed by atoms with Crippen LogP contribution in [0, 0.1) is 3.57 Å². The third-order valence-corrected chi connectivity index (χ3v) is 2.30. The molecule has 0 heterocycles. The van der Waals surface area contributed by atoms with Crippen LogP contribution in [0.15, 0.2) is 18.2 Å². The predicted molar refractivity (Wildman–Crippen MR) is 48.0 cm³/mol. The first-order valence-corrected chi connectivity index (χ1v) is 3.59. The lowest BCUT2D eigenvalue weighted by atomic mass is 10.3. The van der Waals surface area contributed by atoms with Gasteiger partial charge in [0.2, 0.25) is 0 Å². The zero-order valence-corrected chi connectivity index (χ0v) is 6.92. The van der Waals surface area contributed by atoms with Gasteiger partial charge in [0.05, 0.1) is 3.57 Å². The summed E-state index contributed by atoms with van der Waals surface area (Å²) < 4.78 is 0.940. The van der Waals surface area contributed by atoms with Crippen LogP contribution < -0.4 is 11.5 Å². The van der Waals surface area contributed by atoms with E-state index in [0.29, 0.717) is 0 Å². The molecule has 48 valence electrons. The van der Waals surface area contributed by atoms with Crippen molar-refractivity contribution in [2.24, 2.45) is 0 Å². The Hall–Kier alpha value is -0.450. The second-order valence-electron chi connectivity index (χ2n) is 1.75. The van der Waals surface area contributed by atoms with Gasteiger partial charge in [-0.1, -0.05) is 6.07 Å². The topological polar surface area (TPSA) is 52.0 Å². The molecule has 0 atom stereocenters. The highest BCUT2D eigenvalue weighted by Gasteiger charge is 1.95. The van der Waals surface area contributed by atoms with E-state index < -0.39 is 0 Å². The van der Waals surface area contributed by atoms with Crippen molar-refractivity contribution in [1.82, 2.24) is 0 Å². The number of nitrogens with two attached hydrogens (primary N) is 2. The number of benzene rings is 1. The Morgan fingerprint density at radius 3 is 1.89 bits per heavy atom. The quantitative estimate of drug-likeness (QED) is 0.527. The molecule has 3 heteroatoms. The maximum atomic E-state index is 5.53. The first kappa shape index (κ1) is 6.67. The SMILES string of the molecule is Nc1cccc(N)c1I. The van der Waals surface area contributed by atoms with Gasteiger partial charge in [0.15, 0.2) is 0 Å². The summed E-state index contributed by atoms with van der Waals surface area (Å²) in [5.41, 5.74) is 12.6. The summed E-state index contributed by atoms with van der Waals surface area (Å²) in [5.74, 6) is 0. The highest BCUT2D eigenvalue weighted by atomic mass is 127. The maximum Gasteiger partial charge on any atom is 0.0589 e. The Kier molecular flexibility index (Phi) is 1.80. The van der Waals surface area contributed by atoms with Crippen LogP contribution in [0.1, 0.15) is 0 Å². The standard InChI is InChI=1S/C6H7IN2/c7-6-4(8)2-1-3-5(6)9/h1-3H,8-9H2. The van der Waals surface area contributed by atoms with Gasteiger partial charge < -0.3 is 11.5 Å². The van der Waals surface area contributed by atoms with Gasteiger partial charge in [-0.15, -0.1) is 0 Å². The van der Waals surface area contributed by atoms with Crippen LogP contribution in [0.5, 0.6) is 0 Å². The van der Waals surface area contributed by atoms with E-state index in [-0.39, 0.29) is 0 Å². The molecule has 0 saturated heterocycles. The van der Waals surface area contributed by atoms with Gasteiger partial charge in [0, 0.05) is 11.4 Å². The molecule has 0 aliphatic rings. The zero-order valence-electron chi connectivity index (χ0n) is 4.76. The van der Waals surface area contributed by atoms with Crippen molar-refractivity contribution in [3.05, 3.63) is 21.8 Å². The van der Waals surface area contributed by atoms with Crippen molar-refractivity contribution in [3.63, 3.8) is 0 Å². The molecule has 4 N–H and O–H groups in total. The molecule has 0 spiro atoms. The fraction of sp³-hybridized carbons (Fsp3) is 0. The summed E-state index contributed by atoms with van der Waals surface area (Å²) in [6.07, 6.45) is 0. The predicted octanol–water partition coefficient (Wildman–Crippen LogP) is 1.46. The molecule has 1 aromatic rings. The minimum absolute atomic E-state index is 0.746. The third kappa shape index (κ3) is 1.27. The molecular formula is C6H7IN2. The number of rotatable bonds is 0. The van der Waals surface area contributed by atoms with Crippen molar-refractivity contribution in [2.45, 2.75) is 0 Å². The molecular weight excluding hydrogens is 227 g/mol. The van der Waals surface area contributed by atoms with E-state index in [0.717, 1.165) is 14.9 Å². The summed E-state index contributed by atoms with van der Waals surface area (Å²) in [6, 6.07) is 5.50. The average molecular weight is 234 g/mol. The average Bonchev–Trinajstić information content (AvgIpc) is 1.83. The number of nitrogen functional groups attached to an aromatic ring is 2. The van der Waals surface area contributed by atoms with Crippen molar-refractivity contribution >= 4 is 34.0 Å². The molecule has 0 saturated carbocycles. The lowest BCUT2D eigenvalue weighted by molar-refractivity contribution is 1.61. The number of hydrogen-bond acceptors (Lipinski definition) is 2. The molecule has 9 heavy (non-hydrogen) atoms. The Balaban J connectivity index is 3.25. The molecule has 0 aliphatic carbocycles. The van der Waals surface area contributed by atoms with Gasteiger partial charge in [-0.2, -0.15) is 0 Å². The van der Waals surface area contributed by atoms with Crippen molar-refractivity contribution in [3.8, 4) is 0 Å². The second-order valence-corrected chi connectivity index (χ2v) is 2.83. The third-order valence-electron chi connectivity index (χ3n) is 1.06. The molecule has 0 radical (unpaired) electrons. The zero-order chi connectivity index (χ0) is 6.85. The Morgan fingerprint density at radius 2 is 1.56 bits per heavy atom. The molecule has 0 amide bonds. The highest BCUT2D eigenvalue weighted by molar-refractivity contribution is 14.1. The van der Waals surface area contributed by atoms with E-state index in [1.165, 1.54) is 0 Å². The fourth-order valence-electron chi connectivity index (χ4n) is 0.568. The molecule has 0 aromatic heterocycles. The number of hydrogen-bond donors (Lipinski definition) is 2. The highest BCUT2D eigenvalue weighted by Crippen LogP contribution is 2.20. The lowest BCUT2D eigenvalue weighted by Crippen LogP contribution is -1.94. The number of anilines is 2. The first-order chi connectivity index (χ1) is 4.22. The largest absolute Gasteiger partial charge is 0.398 e. The summed E-state index contributed by atoms with van der Waals surface area (Å²) in [5, 5.41) is 0. The molecule has 0 fully saturated rings. The molecule has 0 aliphatic heterocycles. The van der Waals surface area contributed by atoms with E-state index in [1.807, 2.05) is 18.2 Å². The molecule has 2 nitrogen and oxygen atoms in total. The summed E-state index contributed by atoms with van der Waals surface area (Å²) in [7, 11) is 0. The monoisotopic (exact) mass is 234 g/mol. The number of halogens is 1. The van der Waals surface area contributed by atoms with E-state index in [9.17, 15) is 0 Å². The maximum absolute atomic E-state index is 5.53. The van der Waals surface area contributed by atoms with Crippen LogP contribution in [0.25, 0.3) is 0 Å². The second kappa shape index (κ2) is 2.43. The minimum Gasteiger partial charge on any atom is -0.398 e. The fourth-order valence-corrected chi connectivity index (χ4v) is 0.928. The Morgan fingerprint density at radius 1 is 1.11 bits per heavy atom. The molecule has 0 bridgehead atoms. The van der Waals surface area contributed by atoms with Gasteiger partial charge in [-0.05, 0) is 34.7 Å². The first-order valence-electron chi connectivity index (χ1n) is 2.51.